The Balaban J connectivity index is 2.43. The van der Waals surface area contributed by atoms with Crippen LogP contribution in [0.2, 0.25) is 0 Å². The van der Waals surface area contributed by atoms with E-state index in [2.05, 4.69) is 10.1 Å². The van der Waals surface area contributed by atoms with Gasteiger partial charge in [-0.15, -0.1) is 0 Å². The Kier molecular flexibility index (Phi) is 3.98. The molecule has 0 aliphatic rings. The predicted molar refractivity (Wildman–Crippen MR) is 74.7 cm³/mol. The second-order valence-corrected chi connectivity index (χ2v) is 4.17. The number of hydrogen-bond acceptors (Lipinski definition) is 6. The van der Waals surface area contributed by atoms with Crippen LogP contribution in [0.3, 0.4) is 0 Å². The zero-order chi connectivity index (χ0) is 15.4. The van der Waals surface area contributed by atoms with Crippen molar-refractivity contribution in [2.75, 3.05) is 0 Å². The summed E-state index contributed by atoms with van der Waals surface area (Å²) in [5.41, 5.74) is 6.49. The maximum Gasteiger partial charge on any atom is 0.273 e. The van der Waals surface area contributed by atoms with Gasteiger partial charge in [0, 0.05) is 12.3 Å². The van der Waals surface area contributed by atoms with Gasteiger partial charge in [-0.1, -0.05) is 5.16 Å². The van der Waals surface area contributed by atoms with Gasteiger partial charge in [0.25, 0.3) is 5.69 Å². The van der Waals surface area contributed by atoms with Crippen LogP contribution in [0.25, 0.3) is 0 Å². The Morgan fingerprint density at radius 3 is 2.86 bits per heavy atom. The number of amidine groups is 1. The van der Waals surface area contributed by atoms with E-state index in [-0.39, 0.29) is 17.3 Å². The highest BCUT2D eigenvalue weighted by atomic mass is 16.6. The lowest BCUT2D eigenvalue weighted by molar-refractivity contribution is -0.384. The number of non-ortho nitro benzene ring substituents is 1. The maximum absolute atomic E-state index is 10.8. The van der Waals surface area contributed by atoms with Crippen molar-refractivity contribution >= 4 is 11.5 Å². The summed E-state index contributed by atoms with van der Waals surface area (Å²) < 4.78 is 5.62. The lowest BCUT2D eigenvalue weighted by atomic mass is 10.2. The quantitative estimate of drug-likeness (QED) is 0.292. The Hall–Kier alpha value is -3.16. The zero-order valence-corrected chi connectivity index (χ0v) is 11.1. The van der Waals surface area contributed by atoms with Crippen LogP contribution in [0.1, 0.15) is 11.1 Å². The fourth-order valence-electron chi connectivity index (χ4n) is 1.66. The van der Waals surface area contributed by atoms with E-state index in [1.54, 1.807) is 13.0 Å². The molecule has 0 aliphatic heterocycles. The number of ether oxygens (including phenoxy) is 1. The summed E-state index contributed by atoms with van der Waals surface area (Å²) in [5, 5.41) is 22.5. The molecule has 3 N–H and O–H groups in total. The molecule has 1 aromatic heterocycles. The van der Waals surface area contributed by atoms with Gasteiger partial charge in [0.05, 0.1) is 22.7 Å². The lowest BCUT2D eigenvalue weighted by Gasteiger charge is -2.11. The molecular formula is C13H12N4O4. The van der Waals surface area contributed by atoms with Crippen LogP contribution in [-0.4, -0.2) is 21.0 Å². The van der Waals surface area contributed by atoms with Gasteiger partial charge in [-0.2, -0.15) is 0 Å². The highest BCUT2D eigenvalue weighted by Crippen LogP contribution is 2.30. The average molecular weight is 288 g/mol. The maximum atomic E-state index is 10.8. The van der Waals surface area contributed by atoms with Gasteiger partial charge in [0.15, 0.2) is 11.6 Å². The molecule has 0 saturated carbocycles. The molecule has 0 fully saturated rings. The van der Waals surface area contributed by atoms with E-state index < -0.39 is 4.92 Å². The number of nitro benzene ring substituents is 1. The van der Waals surface area contributed by atoms with Gasteiger partial charge < -0.3 is 15.7 Å². The van der Waals surface area contributed by atoms with Crippen molar-refractivity contribution in [3.05, 3.63) is 57.9 Å². The lowest BCUT2D eigenvalue weighted by Crippen LogP contribution is -2.14. The Morgan fingerprint density at radius 2 is 2.19 bits per heavy atom. The molecule has 1 heterocycles. The van der Waals surface area contributed by atoms with Crippen LogP contribution in [0.15, 0.2) is 41.8 Å². The van der Waals surface area contributed by atoms with Gasteiger partial charge in [-0.05, 0) is 24.6 Å². The highest BCUT2D eigenvalue weighted by Gasteiger charge is 2.14. The van der Waals surface area contributed by atoms with Crippen molar-refractivity contribution in [2.45, 2.75) is 6.92 Å². The van der Waals surface area contributed by atoms with E-state index in [0.717, 1.165) is 0 Å². The average Bonchev–Trinajstić information content (AvgIpc) is 2.49. The highest BCUT2D eigenvalue weighted by molar-refractivity contribution is 5.99. The van der Waals surface area contributed by atoms with Crippen LogP contribution in [0.5, 0.6) is 11.5 Å². The van der Waals surface area contributed by atoms with Gasteiger partial charge in [-0.3, -0.25) is 15.1 Å². The summed E-state index contributed by atoms with van der Waals surface area (Å²) >= 11 is 0. The third kappa shape index (κ3) is 3.06. The zero-order valence-electron chi connectivity index (χ0n) is 11.1. The number of aryl methyl sites for hydroxylation is 1. The monoisotopic (exact) mass is 288 g/mol. The number of aromatic nitrogens is 1. The molecular weight excluding hydrogens is 276 g/mol. The number of nitro groups is 1. The molecule has 108 valence electrons. The predicted octanol–water partition coefficient (Wildman–Crippen LogP) is 2.19. The Bertz CT molecular complexity index is 715. The Labute approximate surface area is 119 Å². The smallest absolute Gasteiger partial charge is 0.273 e. The van der Waals surface area contributed by atoms with E-state index in [4.69, 9.17) is 15.7 Å². The molecule has 0 atom stereocenters. The fraction of sp³-hybridized carbons (Fsp3) is 0.0769. The molecule has 0 saturated heterocycles. The number of rotatable bonds is 4. The van der Waals surface area contributed by atoms with Gasteiger partial charge in [-0.25, -0.2) is 0 Å². The third-order valence-electron chi connectivity index (χ3n) is 2.77. The summed E-state index contributed by atoms with van der Waals surface area (Å²) in [6.45, 7) is 1.75. The number of oxime groups is 1. The SMILES string of the molecule is Cc1ccc([N+](=O)[O-])cc1Oc1cnccc1/C(N)=N/O. The van der Waals surface area contributed by atoms with Crippen molar-refractivity contribution in [1.29, 1.82) is 0 Å². The second-order valence-electron chi connectivity index (χ2n) is 4.17. The van der Waals surface area contributed by atoms with Crippen molar-refractivity contribution in [3.8, 4) is 11.5 Å². The van der Waals surface area contributed by atoms with Gasteiger partial charge in [0.2, 0.25) is 0 Å². The molecule has 0 bridgehead atoms. The summed E-state index contributed by atoms with van der Waals surface area (Å²) in [4.78, 5) is 14.2. The van der Waals surface area contributed by atoms with E-state index in [9.17, 15) is 10.1 Å². The molecule has 8 heteroatoms. The molecule has 0 aliphatic carbocycles. The molecule has 0 radical (unpaired) electrons. The van der Waals surface area contributed by atoms with E-state index in [0.29, 0.717) is 16.9 Å². The van der Waals surface area contributed by atoms with E-state index in [1.807, 2.05) is 0 Å². The topological polar surface area (TPSA) is 124 Å². The largest absolute Gasteiger partial charge is 0.454 e. The van der Waals surface area contributed by atoms with Crippen LogP contribution in [-0.2, 0) is 0 Å². The summed E-state index contributed by atoms with van der Waals surface area (Å²) in [7, 11) is 0. The number of hydrogen-bond donors (Lipinski definition) is 2. The molecule has 21 heavy (non-hydrogen) atoms. The normalized spacial score (nSPS) is 11.2. The summed E-state index contributed by atoms with van der Waals surface area (Å²) in [6, 6.07) is 5.78. The fourth-order valence-corrected chi connectivity index (χ4v) is 1.66. The molecule has 1 aromatic carbocycles. The minimum Gasteiger partial charge on any atom is -0.454 e. The first-order valence-electron chi connectivity index (χ1n) is 5.87. The summed E-state index contributed by atoms with van der Waals surface area (Å²) in [6.07, 6.45) is 2.84. The standard InChI is InChI=1S/C13H12N4O4/c1-8-2-3-9(17(19)20)6-11(8)21-12-7-15-5-4-10(12)13(14)16-18/h2-7,18H,1H3,(H2,14,16). The van der Waals surface area contributed by atoms with E-state index in [1.165, 1.54) is 30.6 Å². The molecule has 2 rings (SSSR count). The first-order chi connectivity index (χ1) is 10.0. The third-order valence-corrected chi connectivity index (χ3v) is 2.77. The van der Waals surface area contributed by atoms with Crippen molar-refractivity contribution in [2.24, 2.45) is 10.9 Å². The minimum atomic E-state index is -0.514. The van der Waals surface area contributed by atoms with E-state index >= 15 is 0 Å². The number of pyridine rings is 1. The molecule has 0 amide bonds. The van der Waals surface area contributed by atoms with Crippen LogP contribution in [0, 0.1) is 17.0 Å². The van der Waals surface area contributed by atoms with Crippen molar-refractivity contribution in [3.63, 3.8) is 0 Å². The van der Waals surface area contributed by atoms with Crippen LogP contribution < -0.4 is 10.5 Å². The summed E-state index contributed by atoms with van der Waals surface area (Å²) in [5.74, 6) is 0.385. The van der Waals surface area contributed by atoms with Crippen LogP contribution >= 0.6 is 0 Å². The molecule has 0 unspecified atom stereocenters. The molecule has 2 aromatic rings. The number of benzene rings is 1. The van der Waals surface area contributed by atoms with Crippen molar-refractivity contribution in [1.82, 2.24) is 4.98 Å². The minimum absolute atomic E-state index is 0.0927. The van der Waals surface area contributed by atoms with Gasteiger partial charge in [0.1, 0.15) is 5.75 Å². The first kappa shape index (κ1) is 14.3. The second kappa shape index (κ2) is 5.87. The van der Waals surface area contributed by atoms with Crippen LogP contribution in [0.4, 0.5) is 5.69 Å². The molecule has 8 nitrogen and oxygen atoms in total. The number of nitrogens with two attached hydrogens (primary N) is 1. The first-order valence-corrected chi connectivity index (χ1v) is 5.87. The Morgan fingerprint density at radius 1 is 1.43 bits per heavy atom. The van der Waals surface area contributed by atoms with Gasteiger partial charge >= 0.3 is 0 Å². The number of nitrogens with zero attached hydrogens (tertiary/aromatic N) is 3. The molecule has 0 spiro atoms. The van der Waals surface area contributed by atoms with Crippen molar-refractivity contribution < 1.29 is 14.9 Å².